The minimum absolute atomic E-state index is 0. The van der Waals surface area contributed by atoms with E-state index in [-0.39, 0.29) is 30.8 Å². The number of piperidine rings is 1. The molecule has 0 aromatic carbocycles. The molecule has 0 aromatic rings. The first-order chi connectivity index (χ1) is 11.1. The third kappa shape index (κ3) is 4.00. The maximum atomic E-state index is 12.6. The third-order valence-corrected chi connectivity index (χ3v) is 5.24. The second-order valence-electron chi connectivity index (χ2n) is 6.98. The number of carbonyl (C=O) groups is 3. The van der Waals surface area contributed by atoms with Crippen LogP contribution < -0.4 is 16.0 Å². The van der Waals surface area contributed by atoms with Gasteiger partial charge in [0.25, 0.3) is 5.91 Å². The monoisotopic (exact) mass is 358 g/mol. The maximum absolute atomic E-state index is 12.6. The highest BCUT2D eigenvalue weighted by Gasteiger charge is 2.51. The summed E-state index contributed by atoms with van der Waals surface area (Å²) in [6.45, 7) is 2.37. The molecule has 0 bridgehead atoms. The average molecular weight is 359 g/mol. The Bertz CT molecular complexity index is 488. The number of nitrogens with zero attached hydrogens (tertiary/aromatic N) is 1. The van der Waals surface area contributed by atoms with Crippen LogP contribution in [0.1, 0.15) is 44.9 Å². The lowest BCUT2D eigenvalue weighted by atomic mass is 9.82. The van der Waals surface area contributed by atoms with Crippen molar-refractivity contribution in [1.82, 2.24) is 20.9 Å². The smallest absolute Gasteiger partial charge is 0.325 e. The van der Waals surface area contributed by atoms with Gasteiger partial charge in [0.1, 0.15) is 12.1 Å². The highest BCUT2D eigenvalue weighted by Crippen LogP contribution is 2.33. The van der Waals surface area contributed by atoms with E-state index in [1.165, 1.54) is 0 Å². The normalized spacial score (nSPS) is 26.0. The first-order valence-corrected chi connectivity index (χ1v) is 8.72. The molecule has 1 unspecified atom stereocenters. The Morgan fingerprint density at radius 2 is 1.96 bits per heavy atom. The molecule has 0 aromatic heterocycles. The summed E-state index contributed by atoms with van der Waals surface area (Å²) < 4.78 is 0. The fourth-order valence-electron chi connectivity index (χ4n) is 3.87. The Kier molecular flexibility index (Phi) is 6.46. The van der Waals surface area contributed by atoms with Crippen LogP contribution in [0.5, 0.6) is 0 Å². The van der Waals surface area contributed by atoms with E-state index in [4.69, 9.17) is 0 Å². The molecule has 1 atom stereocenters. The first kappa shape index (κ1) is 19.0. The fourth-order valence-corrected chi connectivity index (χ4v) is 3.87. The number of rotatable bonds is 4. The minimum atomic E-state index is -0.747. The lowest BCUT2D eigenvalue weighted by molar-refractivity contribution is -0.135. The number of urea groups is 1. The van der Waals surface area contributed by atoms with Gasteiger partial charge in [-0.15, -0.1) is 12.4 Å². The number of nitrogens with one attached hydrogen (secondary N) is 3. The molecule has 136 valence electrons. The van der Waals surface area contributed by atoms with Crippen molar-refractivity contribution in [2.45, 2.75) is 50.5 Å². The SMILES string of the molecule is Cl.O=C(CN1C(=O)NC2(CCCCC2)C1=O)NCC1CCCNC1. The Labute approximate surface area is 148 Å². The Hall–Kier alpha value is -1.34. The molecule has 8 heteroatoms. The quantitative estimate of drug-likeness (QED) is 0.648. The topological polar surface area (TPSA) is 90.5 Å². The Morgan fingerprint density at radius 3 is 2.62 bits per heavy atom. The largest absolute Gasteiger partial charge is 0.354 e. The van der Waals surface area contributed by atoms with Crippen LogP contribution in [0.2, 0.25) is 0 Å². The zero-order chi connectivity index (χ0) is 16.3. The third-order valence-electron chi connectivity index (χ3n) is 5.24. The van der Waals surface area contributed by atoms with E-state index in [2.05, 4.69) is 16.0 Å². The molecule has 1 saturated carbocycles. The number of imide groups is 1. The van der Waals surface area contributed by atoms with E-state index in [0.717, 1.165) is 50.1 Å². The van der Waals surface area contributed by atoms with Crippen molar-refractivity contribution in [3.05, 3.63) is 0 Å². The number of amides is 4. The van der Waals surface area contributed by atoms with Gasteiger partial charge < -0.3 is 16.0 Å². The van der Waals surface area contributed by atoms with Crippen LogP contribution in [0.3, 0.4) is 0 Å². The molecule has 1 aliphatic carbocycles. The summed E-state index contributed by atoms with van der Waals surface area (Å²) >= 11 is 0. The summed E-state index contributed by atoms with van der Waals surface area (Å²) in [7, 11) is 0. The highest BCUT2D eigenvalue weighted by molar-refractivity contribution is 6.09. The first-order valence-electron chi connectivity index (χ1n) is 8.72. The summed E-state index contributed by atoms with van der Waals surface area (Å²) in [6.07, 6.45) is 6.57. The van der Waals surface area contributed by atoms with Gasteiger partial charge in [-0.05, 0) is 44.7 Å². The summed E-state index contributed by atoms with van der Waals surface area (Å²) in [6, 6.07) is -0.425. The van der Waals surface area contributed by atoms with E-state index >= 15 is 0 Å². The van der Waals surface area contributed by atoms with E-state index in [1.807, 2.05) is 0 Å². The molecular formula is C16H27ClN4O3. The molecule has 7 nitrogen and oxygen atoms in total. The summed E-state index contributed by atoms with van der Waals surface area (Å²) in [4.78, 5) is 37.9. The number of hydrogen-bond donors (Lipinski definition) is 3. The van der Waals surface area contributed by atoms with Crippen molar-refractivity contribution in [2.75, 3.05) is 26.2 Å². The predicted molar refractivity (Wildman–Crippen MR) is 91.9 cm³/mol. The summed E-state index contributed by atoms with van der Waals surface area (Å²) in [5.74, 6) is -0.0518. The molecule has 0 radical (unpaired) electrons. The molecular weight excluding hydrogens is 332 g/mol. The van der Waals surface area contributed by atoms with Gasteiger partial charge in [-0.2, -0.15) is 0 Å². The van der Waals surface area contributed by atoms with Gasteiger partial charge >= 0.3 is 6.03 Å². The van der Waals surface area contributed by atoms with Crippen molar-refractivity contribution >= 4 is 30.3 Å². The molecule has 2 aliphatic heterocycles. The Balaban J connectivity index is 0.00000208. The standard InChI is InChI=1S/C16H26N4O3.ClH/c21-13(18-10-12-5-4-8-17-9-12)11-20-14(22)16(19-15(20)23)6-2-1-3-7-16;/h12,17H,1-11H2,(H,18,21)(H,19,23);1H. The molecule has 2 saturated heterocycles. The van der Waals surface area contributed by atoms with E-state index in [1.54, 1.807) is 0 Å². The van der Waals surface area contributed by atoms with Gasteiger partial charge in [-0.1, -0.05) is 19.3 Å². The van der Waals surface area contributed by atoms with Crippen molar-refractivity contribution < 1.29 is 14.4 Å². The maximum Gasteiger partial charge on any atom is 0.325 e. The van der Waals surface area contributed by atoms with Crippen LogP contribution in [0.15, 0.2) is 0 Å². The van der Waals surface area contributed by atoms with Gasteiger partial charge in [0.15, 0.2) is 0 Å². The molecule has 3 rings (SSSR count). The van der Waals surface area contributed by atoms with Crippen LogP contribution in [-0.4, -0.2) is 54.5 Å². The van der Waals surface area contributed by atoms with Crippen LogP contribution in [0, 0.1) is 5.92 Å². The van der Waals surface area contributed by atoms with Gasteiger partial charge in [0.2, 0.25) is 5.91 Å². The zero-order valence-electron chi connectivity index (χ0n) is 13.9. The van der Waals surface area contributed by atoms with Crippen molar-refractivity contribution in [3.8, 4) is 0 Å². The number of halogens is 1. The second kappa shape index (κ2) is 8.16. The van der Waals surface area contributed by atoms with Crippen molar-refractivity contribution in [1.29, 1.82) is 0 Å². The summed E-state index contributed by atoms with van der Waals surface area (Å²) in [5.41, 5.74) is -0.747. The van der Waals surface area contributed by atoms with Crippen LogP contribution in [-0.2, 0) is 9.59 Å². The lowest BCUT2D eigenvalue weighted by Crippen LogP contribution is -2.49. The highest BCUT2D eigenvalue weighted by atomic mass is 35.5. The van der Waals surface area contributed by atoms with Gasteiger partial charge in [-0.25, -0.2) is 4.79 Å². The molecule has 4 amide bonds. The fraction of sp³-hybridized carbons (Fsp3) is 0.812. The zero-order valence-corrected chi connectivity index (χ0v) is 14.8. The van der Waals surface area contributed by atoms with Gasteiger partial charge in [-0.3, -0.25) is 14.5 Å². The van der Waals surface area contributed by atoms with Crippen molar-refractivity contribution in [3.63, 3.8) is 0 Å². The molecule has 1 spiro atoms. The minimum Gasteiger partial charge on any atom is -0.354 e. The van der Waals surface area contributed by atoms with Crippen LogP contribution in [0.4, 0.5) is 4.79 Å². The number of hydrogen-bond acceptors (Lipinski definition) is 4. The van der Waals surface area contributed by atoms with E-state index in [0.29, 0.717) is 25.3 Å². The average Bonchev–Trinajstić information content (AvgIpc) is 2.79. The molecule has 3 aliphatic rings. The number of carbonyl (C=O) groups excluding carboxylic acids is 3. The van der Waals surface area contributed by atoms with E-state index < -0.39 is 11.6 Å². The molecule has 24 heavy (non-hydrogen) atoms. The predicted octanol–water partition coefficient (Wildman–Crippen LogP) is 0.779. The van der Waals surface area contributed by atoms with Crippen molar-refractivity contribution in [2.24, 2.45) is 5.92 Å². The summed E-state index contributed by atoms with van der Waals surface area (Å²) in [5, 5.41) is 8.99. The molecule has 3 N–H and O–H groups in total. The second-order valence-corrected chi connectivity index (χ2v) is 6.98. The lowest BCUT2D eigenvalue weighted by Gasteiger charge is -2.30. The van der Waals surface area contributed by atoms with Gasteiger partial charge in [0.05, 0.1) is 0 Å². The van der Waals surface area contributed by atoms with Gasteiger partial charge in [0, 0.05) is 6.54 Å². The van der Waals surface area contributed by atoms with Crippen LogP contribution >= 0.6 is 12.4 Å². The van der Waals surface area contributed by atoms with E-state index in [9.17, 15) is 14.4 Å². The molecule has 2 heterocycles. The molecule has 3 fully saturated rings. The van der Waals surface area contributed by atoms with Crippen LogP contribution in [0.25, 0.3) is 0 Å². The Morgan fingerprint density at radius 1 is 1.21 bits per heavy atom.